The molecule has 140 valence electrons. The number of para-hydroxylation sites is 2. The molecule has 1 saturated heterocycles. The van der Waals surface area contributed by atoms with Crippen LogP contribution < -0.4 is 15.9 Å². The Hall–Kier alpha value is -3.16. The number of piperidine rings is 1. The van der Waals surface area contributed by atoms with Gasteiger partial charge in [-0.05, 0) is 31.0 Å². The average Bonchev–Trinajstić information content (AvgIpc) is 3.02. The van der Waals surface area contributed by atoms with E-state index in [-0.39, 0.29) is 24.1 Å². The number of aryl methyl sites for hydroxylation is 1. The number of nitrogens with one attached hydrogen (secondary N) is 2. The fourth-order valence-corrected chi connectivity index (χ4v) is 3.57. The topological polar surface area (TPSA) is 95.9 Å². The Balaban J connectivity index is 1.35. The van der Waals surface area contributed by atoms with Gasteiger partial charge in [-0.25, -0.2) is 14.8 Å². The lowest BCUT2D eigenvalue weighted by molar-refractivity contribution is -0.122. The molecular formula is C19H22N6O2. The number of amides is 1. The van der Waals surface area contributed by atoms with Crippen molar-refractivity contribution in [2.75, 3.05) is 18.0 Å². The SMILES string of the molecule is O=C(CCn1c(=O)[nH]c2ccccc21)NC1CCCN(c2ncccn2)C1. The normalized spacial score (nSPS) is 17.2. The lowest BCUT2D eigenvalue weighted by atomic mass is 10.1. The third-order valence-corrected chi connectivity index (χ3v) is 4.87. The van der Waals surface area contributed by atoms with E-state index >= 15 is 0 Å². The van der Waals surface area contributed by atoms with Crippen molar-refractivity contribution in [1.82, 2.24) is 24.8 Å². The van der Waals surface area contributed by atoms with E-state index < -0.39 is 0 Å². The smallest absolute Gasteiger partial charge is 0.326 e. The number of imidazole rings is 1. The summed E-state index contributed by atoms with van der Waals surface area (Å²) in [7, 11) is 0. The number of carbonyl (C=O) groups is 1. The zero-order valence-electron chi connectivity index (χ0n) is 15.0. The number of aromatic nitrogens is 4. The van der Waals surface area contributed by atoms with Crippen LogP contribution in [0.1, 0.15) is 19.3 Å². The fourth-order valence-electron chi connectivity index (χ4n) is 3.57. The van der Waals surface area contributed by atoms with Gasteiger partial charge in [-0.15, -0.1) is 0 Å². The van der Waals surface area contributed by atoms with E-state index in [2.05, 4.69) is 25.2 Å². The first-order valence-corrected chi connectivity index (χ1v) is 9.19. The van der Waals surface area contributed by atoms with Crippen LogP contribution in [0.25, 0.3) is 11.0 Å². The Morgan fingerprint density at radius 3 is 2.89 bits per heavy atom. The number of benzene rings is 1. The van der Waals surface area contributed by atoms with Gasteiger partial charge in [0.2, 0.25) is 11.9 Å². The molecule has 1 unspecified atom stereocenters. The number of anilines is 1. The summed E-state index contributed by atoms with van der Waals surface area (Å²) in [5.74, 6) is 0.648. The van der Waals surface area contributed by atoms with Gasteiger partial charge >= 0.3 is 5.69 Å². The van der Waals surface area contributed by atoms with Crippen LogP contribution in [-0.2, 0) is 11.3 Å². The molecule has 0 saturated carbocycles. The van der Waals surface area contributed by atoms with E-state index in [0.29, 0.717) is 19.0 Å². The summed E-state index contributed by atoms with van der Waals surface area (Å²) in [6, 6.07) is 9.35. The van der Waals surface area contributed by atoms with Gasteiger partial charge in [-0.1, -0.05) is 12.1 Å². The molecule has 8 nitrogen and oxygen atoms in total. The van der Waals surface area contributed by atoms with Gasteiger partial charge in [0.05, 0.1) is 11.0 Å². The highest BCUT2D eigenvalue weighted by atomic mass is 16.2. The van der Waals surface area contributed by atoms with Crippen LogP contribution in [0, 0.1) is 0 Å². The number of hydrogen-bond acceptors (Lipinski definition) is 5. The van der Waals surface area contributed by atoms with Crippen LogP contribution in [0.15, 0.2) is 47.5 Å². The third-order valence-electron chi connectivity index (χ3n) is 4.87. The Bertz CT molecular complexity index is 981. The van der Waals surface area contributed by atoms with Crippen LogP contribution in [0.4, 0.5) is 5.95 Å². The molecule has 1 atom stereocenters. The molecule has 1 aromatic carbocycles. The highest BCUT2D eigenvalue weighted by Crippen LogP contribution is 2.15. The molecule has 0 aliphatic carbocycles. The quantitative estimate of drug-likeness (QED) is 0.709. The highest BCUT2D eigenvalue weighted by molar-refractivity contribution is 5.77. The van der Waals surface area contributed by atoms with Gasteiger partial charge in [-0.3, -0.25) is 9.36 Å². The molecule has 2 N–H and O–H groups in total. The standard InChI is InChI=1S/C19H22N6O2/c26-17(8-12-25-16-7-2-1-6-15(16)23-19(25)27)22-14-5-3-11-24(13-14)18-20-9-4-10-21-18/h1-2,4,6-7,9-10,14H,3,5,8,11-13H2,(H,22,26)(H,23,27). The maximum absolute atomic E-state index is 12.4. The second kappa shape index (κ2) is 7.61. The molecule has 0 spiro atoms. The van der Waals surface area contributed by atoms with Crippen molar-refractivity contribution in [3.8, 4) is 0 Å². The molecule has 0 bridgehead atoms. The molecule has 27 heavy (non-hydrogen) atoms. The van der Waals surface area contributed by atoms with E-state index in [9.17, 15) is 9.59 Å². The van der Waals surface area contributed by atoms with Crippen molar-refractivity contribution in [3.05, 3.63) is 53.2 Å². The van der Waals surface area contributed by atoms with Gasteiger partial charge in [0.1, 0.15) is 0 Å². The van der Waals surface area contributed by atoms with E-state index in [0.717, 1.165) is 30.4 Å². The first kappa shape index (κ1) is 17.3. The van der Waals surface area contributed by atoms with E-state index in [4.69, 9.17) is 0 Å². The zero-order chi connectivity index (χ0) is 18.6. The molecule has 4 rings (SSSR count). The maximum atomic E-state index is 12.4. The highest BCUT2D eigenvalue weighted by Gasteiger charge is 2.23. The number of rotatable bonds is 5. The molecule has 1 aliphatic heterocycles. The van der Waals surface area contributed by atoms with Gasteiger partial charge in [-0.2, -0.15) is 0 Å². The monoisotopic (exact) mass is 366 g/mol. The van der Waals surface area contributed by atoms with Crippen molar-refractivity contribution >= 4 is 22.9 Å². The largest absolute Gasteiger partial charge is 0.352 e. The Kier molecular flexibility index (Phi) is 4.86. The van der Waals surface area contributed by atoms with Gasteiger partial charge in [0.25, 0.3) is 0 Å². The van der Waals surface area contributed by atoms with Crippen LogP contribution >= 0.6 is 0 Å². The van der Waals surface area contributed by atoms with Gasteiger partial charge < -0.3 is 15.2 Å². The average molecular weight is 366 g/mol. The lowest BCUT2D eigenvalue weighted by Gasteiger charge is -2.33. The summed E-state index contributed by atoms with van der Waals surface area (Å²) in [5.41, 5.74) is 1.42. The van der Waals surface area contributed by atoms with Crippen molar-refractivity contribution < 1.29 is 4.79 Å². The minimum absolute atomic E-state index is 0.0481. The van der Waals surface area contributed by atoms with Crippen LogP contribution in [-0.4, -0.2) is 44.6 Å². The third kappa shape index (κ3) is 3.84. The molecule has 1 aliphatic rings. The number of aromatic amines is 1. The minimum Gasteiger partial charge on any atom is -0.352 e. The molecule has 3 aromatic rings. The number of carbonyl (C=O) groups excluding carboxylic acids is 1. The van der Waals surface area contributed by atoms with Crippen molar-refractivity contribution in [2.24, 2.45) is 0 Å². The first-order chi connectivity index (χ1) is 13.2. The first-order valence-electron chi connectivity index (χ1n) is 9.19. The zero-order valence-corrected chi connectivity index (χ0v) is 15.0. The maximum Gasteiger partial charge on any atom is 0.326 e. The Morgan fingerprint density at radius 1 is 1.22 bits per heavy atom. The van der Waals surface area contributed by atoms with Crippen molar-refractivity contribution in [3.63, 3.8) is 0 Å². The number of nitrogens with zero attached hydrogens (tertiary/aromatic N) is 4. The second-order valence-electron chi connectivity index (χ2n) is 6.75. The molecule has 8 heteroatoms. The second-order valence-corrected chi connectivity index (χ2v) is 6.75. The van der Waals surface area contributed by atoms with Gasteiger partial charge in [0.15, 0.2) is 0 Å². The molecule has 2 aromatic heterocycles. The van der Waals surface area contributed by atoms with Gasteiger partial charge in [0, 0.05) is 44.5 Å². The number of H-pyrrole nitrogens is 1. The molecule has 3 heterocycles. The summed E-state index contributed by atoms with van der Waals surface area (Å²) in [5, 5.41) is 3.09. The van der Waals surface area contributed by atoms with Crippen molar-refractivity contribution in [1.29, 1.82) is 0 Å². The van der Waals surface area contributed by atoms with Crippen LogP contribution in [0.2, 0.25) is 0 Å². The van der Waals surface area contributed by atoms with Crippen LogP contribution in [0.5, 0.6) is 0 Å². The van der Waals surface area contributed by atoms with Crippen molar-refractivity contribution in [2.45, 2.75) is 31.8 Å². The molecule has 1 fully saturated rings. The minimum atomic E-state index is -0.186. The number of fused-ring (bicyclic) bond motifs is 1. The summed E-state index contributed by atoms with van der Waals surface area (Å²) < 4.78 is 1.61. The number of hydrogen-bond donors (Lipinski definition) is 2. The van der Waals surface area contributed by atoms with E-state index in [1.807, 2.05) is 24.3 Å². The van der Waals surface area contributed by atoms with E-state index in [1.54, 1.807) is 23.0 Å². The fraction of sp³-hybridized carbons (Fsp3) is 0.368. The molecular weight excluding hydrogens is 344 g/mol. The molecule has 1 amide bonds. The van der Waals surface area contributed by atoms with Crippen LogP contribution in [0.3, 0.4) is 0 Å². The summed E-state index contributed by atoms with van der Waals surface area (Å²) >= 11 is 0. The Labute approximate surface area is 156 Å². The predicted octanol–water partition coefficient (Wildman–Crippen LogP) is 1.29. The summed E-state index contributed by atoms with van der Waals surface area (Å²) in [4.78, 5) is 38.0. The predicted molar refractivity (Wildman–Crippen MR) is 103 cm³/mol. The Morgan fingerprint density at radius 2 is 2.04 bits per heavy atom. The summed E-state index contributed by atoms with van der Waals surface area (Å²) in [6.07, 6.45) is 5.63. The molecule has 0 radical (unpaired) electrons. The van der Waals surface area contributed by atoms with E-state index in [1.165, 1.54) is 0 Å². The lowest BCUT2D eigenvalue weighted by Crippen LogP contribution is -2.48. The summed E-state index contributed by atoms with van der Waals surface area (Å²) in [6.45, 7) is 1.94.